The summed E-state index contributed by atoms with van der Waals surface area (Å²) >= 11 is 2.05. The fraction of sp³-hybridized carbons (Fsp3) is 0.400. The second kappa shape index (κ2) is 8.54. The van der Waals surface area contributed by atoms with Gasteiger partial charge in [0.05, 0.1) is 6.04 Å². The number of benzene rings is 2. The monoisotopic (exact) mass is 344 g/mol. The summed E-state index contributed by atoms with van der Waals surface area (Å²) in [6.07, 6.45) is 1.09. The summed E-state index contributed by atoms with van der Waals surface area (Å²) < 4.78 is 13.8. The average Bonchev–Trinajstić information content (AvgIpc) is 2.62. The maximum absolute atomic E-state index is 13.8. The number of halogens is 1. The molecule has 0 aliphatic carbocycles. The molecular weight excluding hydrogens is 319 g/mol. The number of hydrogen-bond donors (Lipinski definition) is 1. The third kappa shape index (κ3) is 4.74. The molecule has 1 fully saturated rings. The Morgan fingerprint density at radius 1 is 1.08 bits per heavy atom. The van der Waals surface area contributed by atoms with Gasteiger partial charge in [-0.1, -0.05) is 30.3 Å². The van der Waals surface area contributed by atoms with Crippen molar-refractivity contribution in [1.29, 1.82) is 0 Å². The average molecular weight is 344 g/mol. The molecule has 1 heterocycles. The molecule has 0 saturated carbocycles. The Labute approximate surface area is 148 Å². The fourth-order valence-electron chi connectivity index (χ4n) is 3.03. The van der Waals surface area contributed by atoms with E-state index in [4.69, 9.17) is 0 Å². The molecule has 4 heteroatoms. The Bertz CT molecular complexity index is 638. The van der Waals surface area contributed by atoms with Gasteiger partial charge in [-0.3, -0.25) is 0 Å². The topological polar surface area (TPSA) is 15.3 Å². The van der Waals surface area contributed by atoms with Crippen molar-refractivity contribution < 1.29 is 4.39 Å². The predicted octanol–water partition coefficient (Wildman–Crippen LogP) is 4.59. The summed E-state index contributed by atoms with van der Waals surface area (Å²) in [5.41, 5.74) is 3.09. The smallest absolute Gasteiger partial charge is 0.128 e. The molecule has 3 rings (SSSR count). The highest BCUT2D eigenvalue weighted by molar-refractivity contribution is 7.99. The number of thioether (sulfide) groups is 1. The first-order valence-electron chi connectivity index (χ1n) is 8.62. The summed E-state index contributed by atoms with van der Waals surface area (Å²) in [7, 11) is 0. The van der Waals surface area contributed by atoms with E-state index in [-0.39, 0.29) is 11.9 Å². The number of anilines is 1. The molecule has 1 aliphatic heterocycles. The second-order valence-corrected chi connectivity index (χ2v) is 7.51. The van der Waals surface area contributed by atoms with E-state index in [9.17, 15) is 4.39 Å². The largest absolute Gasteiger partial charge is 0.378 e. The normalized spacial score (nSPS) is 16.8. The summed E-state index contributed by atoms with van der Waals surface area (Å²) in [6.45, 7) is 5.55. The standard InChI is InChI=1S/C20H25FN2S/c1-16(19-4-2-3-5-20(19)21)22-18-8-6-17(7-9-18)10-11-23-12-14-24-15-13-23/h2-9,16,22H,10-15H2,1H3. The molecule has 0 bridgehead atoms. The quantitative estimate of drug-likeness (QED) is 0.825. The number of rotatable bonds is 6. The van der Waals surface area contributed by atoms with Crippen molar-refractivity contribution in [2.24, 2.45) is 0 Å². The van der Waals surface area contributed by atoms with E-state index in [1.807, 2.05) is 19.1 Å². The Kier molecular flexibility index (Phi) is 6.16. The summed E-state index contributed by atoms with van der Waals surface area (Å²) in [5, 5.41) is 3.38. The highest BCUT2D eigenvalue weighted by Gasteiger charge is 2.11. The molecule has 2 nitrogen and oxygen atoms in total. The molecule has 0 radical (unpaired) electrons. The highest BCUT2D eigenvalue weighted by atomic mass is 32.2. The van der Waals surface area contributed by atoms with Crippen LogP contribution in [0.1, 0.15) is 24.1 Å². The lowest BCUT2D eigenvalue weighted by Gasteiger charge is -2.26. The Balaban J connectivity index is 1.53. The molecule has 1 aliphatic rings. The van der Waals surface area contributed by atoms with Gasteiger partial charge in [-0.05, 0) is 37.1 Å². The highest BCUT2D eigenvalue weighted by Crippen LogP contribution is 2.22. The Morgan fingerprint density at radius 3 is 2.50 bits per heavy atom. The number of nitrogens with one attached hydrogen (secondary N) is 1. The van der Waals surface area contributed by atoms with Gasteiger partial charge in [-0.2, -0.15) is 11.8 Å². The van der Waals surface area contributed by atoms with Crippen molar-refractivity contribution >= 4 is 17.4 Å². The van der Waals surface area contributed by atoms with Crippen LogP contribution in [0, 0.1) is 5.82 Å². The predicted molar refractivity (Wildman–Crippen MR) is 102 cm³/mol. The Hall–Kier alpha value is -1.52. The molecule has 1 unspecified atom stereocenters. The van der Waals surface area contributed by atoms with Gasteiger partial charge in [0.2, 0.25) is 0 Å². The third-order valence-electron chi connectivity index (χ3n) is 4.53. The second-order valence-electron chi connectivity index (χ2n) is 6.29. The molecule has 128 valence electrons. The van der Waals surface area contributed by atoms with E-state index in [2.05, 4.69) is 46.2 Å². The van der Waals surface area contributed by atoms with Crippen molar-refractivity contribution in [3.05, 3.63) is 65.5 Å². The van der Waals surface area contributed by atoms with Crippen LogP contribution in [-0.4, -0.2) is 36.0 Å². The van der Waals surface area contributed by atoms with Crippen LogP contribution in [0.15, 0.2) is 48.5 Å². The van der Waals surface area contributed by atoms with Crippen molar-refractivity contribution in [2.45, 2.75) is 19.4 Å². The fourth-order valence-corrected chi connectivity index (χ4v) is 4.01. The van der Waals surface area contributed by atoms with Gasteiger partial charge >= 0.3 is 0 Å². The van der Waals surface area contributed by atoms with E-state index in [1.165, 1.54) is 36.2 Å². The van der Waals surface area contributed by atoms with Crippen LogP contribution in [0.3, 0.4) is 0 Å². The molecule has 0 aromatic heterocycles. The molecule has 2 aromatic carbocycles. The molecule has 1 saturated heterocycles. The SMILES string of the molecule is CC(Nc1ccc(CCN2CCSCC2)cc1)c1ccccc1F. The van der Waals surface area contributed by atoms with Crippen LogP contribution in [0.25, 0.3) is 0 Å². The van der Waals surface area contributed by atoms with Crippen LogP contribution in [0.2, 0.25) is 0 Å². The molecule has 0 amide bonds. The minimum absolute atomic E-state index is 0.0529. The van der Waals surface area contributed by atoms with E-state index in [0.29, 0.717) is 5.56 Å². The first-order chi connectivity index (χ1) is 11.7. The number of nitrogens with zero attached hydrogens (tertiary/aromatic N) is 1. The van der Waals surface area contributed by atoms with Crippen LogP contribution in [0.5, 0.6) is 0 Å². The minimum Gasteiger partial charge on any atom is -0.378 e. The van der Waals surface area contributed by atoms with E-state index in [0.717, 1.165) is 18.7 Å². The molecular formula is C20H25FN2S. The van der Waals surface area contributed by atoms with Crippen LogP contribution in [-0.2, 0) is 6.42 Å². The zero-order chi connectivity index (χ0) is 16.8. The van der Waals surface area contributed by atoms with Crippen molar-refractivity contribution in [1.82, 2.24) is 4.90 Å². The Morgan fingerprint density at radius 2 is 1.79 bits per heavy atom. The van der Waals surface area contributed by atoms with Crippen molar-refractivity contribution in [3.8, 4) is 0 Å². The van der Waals surface area contributed by atoms with Gasteiger partial charge < -0.3 is 10.2 Å². The van der Waals surface area contributed by atoms with E-state index >= 15 is 0 Å². The minimum atomic E-state index is -0.159. The summed E-state index contributed by atoms with van der Waals surface area (Å²) in [4.78, 5) is 2.54. The lowest BCUT2D eigenvalue weighted by atomic mass is 10.1. The number of hydrogen-bond acceptors (Lipinski definition) is 3. The van der Waals surface area contributed by atoms with E-state index < -0.39 is 0 Å². The van der Waals surface area contributed by atoms with Gasteiger partial charge in [-0.25, -0.2) is 4.39 Å². The summed E-state index contributed by atoms with van der Waals surface area (Å²) in [6, 6.07) is 15.4. The van der Waals surface area contributed by atoms with Gasteiger partial charge in [0.15, 0.2) is 0 Å². The third-order valence-corrected chi connectivity index (χ3v) is 5.47. The van der Waals surface area contributed by atoms with Crippen molar-refractivity contribution in [3.63, 3.8) is 0 Å². The molecule has 1 atom stereocenters. The first-order valence-corrected chi connectivity index (χ1v) is 9.78. The lowest BCUT2D eigenvalue weighted by molar-refractivity contribution is 0.306. The maximum atomic E-state index is 13.8. The lowest BCUT2D eigenvalue weighted by Crippen LogP contribution is -2.34. The molecule has 24 heavy (non-hydrogen) atoms. The van der Waals surface area contributed by atoms with E-state index in [1.54, 1.807) is 6.07 Å². The van der Waals surface area contributed by atoms with Crippen molar-refractivity contribution in [2.75, 3.05) is 36.5 Å². The van der Waals surface area contributed by atoms with Gasteiger partial charge in [0, 0.05) is 42.4 Å². The summed E-state index contributed by atoms with van der Waals surface area (Å²) in [5.74, 6) is 2.36. The zero-order valence-corrected chi connectivity index (χ0v) is 15.0. The first kappa shape index (κ1) is 17.3. The van der Waals surface area contributed by atoms with Crippen LogP contribution < -0.4 is 5.32 Å². The van der Waals surface area contributed by atoms with Gasteiger partial charge in [0.25, 0.3) is 0 Å². The van der Waals surface area contributed by atoms with Crippen LogP contribution in [0.4, 0.5) is 10.1 Å². The molecule has 2 aromatic rings. The molecule has 0 spiro atoms. The molecule has 1 N–H and O–H groups in total. The van der Waals surface area contributed by atoms with Crippen LogP contribution >= 0.6 is 11.8 Å². The maximum Gasteiger partial charge on any atom is 0.128 e. The zero-order valence-electron chi connectivity index (χ0n) is 14.2. The van der Waals surface area contributed by atoms with Gasteiger partial charge in [0.1, 0.15) is 5.82 Å². The van der Waals surface area contributed by atoms with Gasteiger partial charge in [-0.15, -0.1) is 0 Å².